The predicted octanol–water partition coefficient (Wildman–Crippen LogP) is 6.43. The van der Waals surface area contributed by atoms with Crippen LogP contribution in [0.3, 0.4) is 0 Å². The zero-order valence-corrected chi connectivity index (χ0v) is 19.7. The van der Waals surface area contributed by atoms with Crippen LogP contribution < -0.4 is 0 Å². The van der Waals surface area contributed by atoms with Crippen molar-refractivity contribution in [3.8, 4) is 0 Å². The molecule has 0 aromatic rings. The van der Waals surface area contributed by atoms with E-state index in [4.69, 9.17) is 4.74 Å². The molecular weight excluding hydrogens is 613 g/mol. The molecule has 1 saturated heterocycles. The summed E-state index contributed by atoms with van der Waals surface area (Å²) in [7, 11) is 0. The van der Waals surface area contributed by atoms with E-state index in [2.05, 4.69) is 4.74 Å². The van der Waals surface area contributed by atoms with Crippen LogP contribution in [0.5, 0.6) is 0 Å². The van der Waals surface area contributed by atoms with Crippen LogP contribution in [0, 0.1) is 0 Å². The normalized spacial score (nSPS) is 17.7. The maximum atomic E-state index is 13.8. The second-order valence-corrected chi connectivity index (χ2v) is 8.68. The van der Waals surface area contributed by atoms with Gasteiger partial charge in [0.15, 0.2) is 0 Å². The molecule has 0 spiro atoms. The molecule has 0 saturated carbocycles. The maximum Gasteiger partial charge on any atom is 0.395 e. The summed E-state index contributed by atoms with van der Waals surface area (Å²) in [6.45, 7) is -0.344. The van der Waals surface area contributed by atoms with Crippen molar-refractivity contribution in [3.63, 3.8) is 0 Å². The van der Waals surface area contributed by atoms with Crippen LogP contribution in [0.2, 0.25) is 0 Å². The molecular formula is C19H20F17NO3. The third-order valence-electron chi connectivity index (χ3n) is 5.52. The SMILES string of the molecule is O=C(CCN1CCOCC1)OCCC(F)(F)C(F)(F)CC(F)(F)C(F)(F)C(F)(F)C(F)(F)C(F)(F)CC(F)(F)F. The lowest BCUT2D eigenvalue weighted by atomic mass is 9.89. The molecule has 0 atom stereocenters. The molecule has 1 heterocycles. The largest absolute Gasteiger partial charge is 0.465 e. The van der Waals surface area contributed by atoms with E-state index in [-0.39, 0.29) is 6.54 Å². The Labute approximate surface area is 213 Å². The molecule has 0 N–H and O–H groups in total. The fourth-order valence-electron chi connectivity index (χ4n) is 3.16. The highest BCUT2D eigenvalue weighted by atomic mass is 19.4. The van der Waals surface area contributed by atoms with Crippen molar-refractivity contribution in [2.75, 3.05) is 39.5 Å². The molecule has 0 bridgehead atoms. The van der Waals surface area contributed by atoms with Gasteiger partial charge in [0.1, 0.15) is 6.42 Å². The van der Waals surface area contributed by atoms with E-state index in [1.165, 1.54) is 0 Å². The molecule has 40 heavy (non-hydrogen) atoms. The van der Waals surface area contributed by atoms with Gasteiger partial charge in [-0.1, -0.05) is 0 Å². The van der Waals surface area contributed by atoms with Crippen molar-refractivity contribution < 1.29 is 88.9 Å². The summed E-state index contributed by atoms with van der Waals surface area (Å²) in [5.41, 5.74) is 0. The Morgan fingerprint density at radius 2 is 1.07 bits per heavy atom. The van der Waals surface area contributed by atoms with E-state index in [9.17, 15) is 79.4 Å². The molecule has 0 unspecified atom stereocenters. The second kappa shape index (κ2) is 11.8. The van der Waals surface area contributed by atoms with Crippen LogP contribution >= 0.6 is 0 Å². The van der Waals surface area contributed by atoms with Crippen molar-refractivity contribution >= 4 is 5.97 Å². The molecule has 1 aliphatic heterocycles. The molecule has 0 aromatic heterocycles. The number of carbonyl (C=O) groups excluding carboxylic acids is 1. The number of alkyl halides is 17. The highest BCUT2D eigenvalue weighted by molar-refractivity contribution is 5.69. The highest BCUT2D eigenvalue weighted by Gasteiger charge is 2.87. The average Bonchev–Trinajstić information content (AvgIpc) is 2.75. The highest BCUT2D eigenvalue weighted by Crippen LogP contribution is 2.60. The molecule has 1 fully saturated rings. The van der Waals surface area contributed by atoms with Gasteiger partial charge in [-0.25, -0.2) is 0 Å². The number of carbonyl (C=O) groups is 1. The molecule has 0 amide bonds. The third kappa shape index (κ3) is 7.93. The molecule has 1 aliphatic rings. The number of nitrogens with zero attached hydrogens (tertiary/aromatic N) is 1. The van der Waals surface area contributed by atoms with E-state index in [0.29, 0.717) is 26.3 Å². The van der Waals surface area contributed by atoms with Crippen molar-refractivity contribution in [1.82, 2.24) is 4.90 Å². The number of ether oxygens (including phenoxy) is 2. The van der Waals surface area contributed by atoms with E-state index >= 15 is 0 Å². The first-order valence-corrected chi connectivity index (χ1v) is 10.8. The van der Waals surface area contributed by atoms with Crippen LogP contribution in [0.1, 0.15) is 25.7 Å². The summed E-state index contributed by atoms with van der Waals surface area (Å²) in [4.78, 5) is 13.2. The van der Waals surface area contributed by atoms with E-state index < -0.39 is 85.9 Å². The zero-order valence-electron chi connectivity index (χ0n) is 19.7. The average molecular weight is 633 g/mol. The Morgan fingerprint density at radius 3 is 1.52 bits per heavy atom. The van der Waals surface area contributed by atoms with Crippen molar-refractivity contribution in [2.45, 2.75) is 73.3 Å². The predicted molar refractivity (Wildman–Crippen MR) is 97.4 cm³/mol. The van der Waals surface area contributed by atoms with Gasteiger partial charge >= 0.3 is 53.6 Å². The van der Waals surface area contributed by atoms with Crippen LogP contribution in [0.4, 0.5) is 74.6 Å². The van der Waals surface area contributed by atoms with E-state index in [1.54, 1.807) is 4.90 Å². The number of morpholine rings is 1. The summed E-state index contributed by atoms with van der Waals surface area (Å²) < 4.78 is 236. The second-order valence-electron chi connectivity index (χ2n) is 8.68. The molecule has 4 nitrogen and oxygen atoms in total. The van der Waals surface area contributed by atoms with Crippen molar-refractivity contribution in [3.05, 3.63) is 0 Å². The summed E-state index contributed by atoms with van der Waals surface area (Å²) in [6, 6.07) is 0. The Morgan fingerprint density at radius 1 is 0.625 bits per heavy atom. The van der Waals surface area contributed by atoms with Crippen molar-refractivity contribution in [2.24, 2.45) is 0 Å². The van der Waals surface area contributed by atoms with Crippen LogP contribution in [-0.4, -0.2) is 98.0 Å². The number of esters is 1. The third-order valence-corrected chi connectivity index (χ3v) is 5.52. The fraction of sp³-hybridized carbons (Fsp3) is 0.947. The lowest BCUT2D eigenvalue weighted by Gasteiger charge is -2.40. The summed E-state index contributed by atoms with van der Waals surface area (Å²) in [5.74, 6) is -52.2. The zero-order chi connectivity index (χ0) is 31.6. The van der Waals surface area contributed by atoms with Crippen LogP contribution in [-0.2, 0) is 14.3 Å². The number of halogens is 17. The van der Waals surface area contributed by atoms with Gasteiger partial charge in [0.2, 0.25) is 0 Å². The van der Waals surface area contributed by atoms with Gasteiger partial charge in [-0.15, -0.1) is 0 Å². The van der Waals surface area contributed by atoms with Crippen LogP contribution in [0.15, 0.2) is 0 Å². The van der Waals surface area contributed by atoms with Crippen molar-refractivity contribution in [1.29, 1.82) is 0 Å². The molecule has 238 valence electrons. The minimum Gasteiger partial charge on any atom is -0.465 e. The smallest absolute Gasteiger partial charge is 0.395 e. The van der Waals surface area contributed by atoms with Gasteiger partial charge in [-0.05, 0) is 0 Å². The van der Waals surface area contributed by atoms with Gasteiger partial charge in [-0.2, -0.15) is 74.6 Å². The quantitative estimate of drug-likeness (QED) is 0.163. The van der Waals surface area contributed by atoms with Gasteiger partial charge in [0.05, 0.1) is 39.1 Å². The molecule has 21 heteroatoms. The molecule has 0 aliphatic carbocycles. The van der Waals surface area contributed by atoms with E-state index in [0.717, 1.165) is 0 Å². The Hall–Kier alpha value is -1.80. The number of hydrogen-bond donors (Lipinski definition) is 0. The van der Waals surface area contributed by atoms with Gasteiger partial charge in [0.25, 0.3) is 0 Å². The fourth-order valence-corrected chi connectivity index (χ4v) is 3.16. The first kappa shape index (κ1) is 36.2. The Kier molecular flexibility index (Phi) is 10.7. The van der Waals surface area contributed by atoms with Gasteiger partial charge in [-0.3, -0.25) is 9.69 Å². The van der Waals surface area contributed by atoms with Gasteiger partial charge < -0.3 is 9.47 Å². The molecule has 0 radical (unpaired) electrons. The van der Waals surface area contributed by atoms with Crippen LogP contribution in [0.25, 0.3) is 0 Å². The van der Waals surface area contributed by atoms with E-state index in [1.807, 2.05) is 0 Å². The summed E-state index contributed by atoms with van der Waals surface area (Å²) in [6.07, 6.45) is -17.8. The summed E-state index contributed by atoms with van der Waals surface area (Å²) in [5, 5.41) is 0. The monoisotopic (exact) mass is 633 g/mol. The lowest BCUT2D eigenvalue weighted by Crippen LogP contribution is -2.68. The number of rotatable bonds is 14. The first-order valence-electron chi connectivity index (χ1n) is 10.8. The molecule has 0 aromatic carbocycles. The maximum absolute atomic E-state index is 13.8. The lowest BCUT2D eigenvalue weighted by molar-refractivity contribution is -0.414. The molecule has 1 rings (SSSR count). The minimum atomic E-state index is -8.17. The number of hydrogen-bond acceptors (Lipinski definition) is 4. The van der Waals surface area contributed by atoms with Gasteiger partial charge in [0, 0.05) is 19.6 Å². The minimum absolute atomic E-state index is 0.00306. The summed E-state index contributed by atoms with van der Waals surface area (Å²) >= 11 is 0. The Balaban J connectivity index is 2.96. The topological polar surface area (TPSA) is 38.8 Å². The first-order chi connectivity index (χ1) is 17.6. The standard InChI is InChI=1S/C19H20F17NO3/c20-12(21,2-6-40-11(38)1-3-37-4-7-39-8-5-37)13(22,23)9-14(24,25)17(31,32)19(35,36)18(33,34)15(26,27)10-16(28,29)30/h1-10H2. The Bertz CT molecular complexity index is 853.